The first-order chi connectivity index (χ1) is 12.1. The van der Waals surface area contributed by atoms with Gasteiger partial charge < -0.3 is 10.6 Å². The molecule has 1 aromatic rings. The van der Waals surface area contributed by atoms with E-state index in [9.17, 15) is 0 Å². The van der Waals surface area contributed by atoms with E-state index >= 15 is 0 Å². The van der Waals surface area contributed by atoms with E-state index in [2.05, 4.69) is 15.9 Å². The largest absolute Gasteiger partial charge is 0.362 e. The molecule has 0 aromatic heterocycles. The van der Waals surface area contributed by atoms with Crippen LogP contribution in [0, 0.1) is 5.92 Å². The number of rotatable bonds is 4. The van der Waals surface area contributed by atoms with E-state index in [0.717, 1.165) is 24.7 Å². The summed E-state index contributed by atoms with van der Waals surface area (Å²) in [6, 6.07) is 6.46. The van der Waals surface area contributed by atoms with E-state index in [1.807, 2.05) is 12.1 Å². The molecule has 1 spiro atoms. The van der Waals surface area contributed by atoms with Gasteiger partial charge in [0.25, 0.3) is 0 Å². The Morgan fingerprint density at radius 3 is 2.56 bits per heavy atom. The monoisotopic (exact) mass is 381 g/mol. The maximum Gasteiger partial charge on any atom is 0.0825 e. The normalized spacial score (nSPS) is 29.2. The quantitative estimate of drug-likeness (QED) is 0.829. The summed E-state index contributed by atoms with van der Waals surface area (Å²) in [5.41, 5.74) is 7.45. The number of anilines is 1. The van der Waals surface area contributed by atoms with Crippen molar-refractivity contribution in [2.45, 2.75) is 56.5 Å². The van der Waals surface area contributed by atoms with E-state index in [0.29, 0.717) is 21.6 Å². The van der Waals surface area contributed by atoms with Gasteiger partial charge in [0.15, 0.2) is 0 Å². The van der Waals surface area contributed by atoms with E-state index in [4.69, 9.17) is 28.9 Å². The number of benzene rings is 1. The molecule has 0 amide bonds. The highest BCUT2D eigenvalue weighted by atomic mass is 35.5. The van der Waals surface area contributed by atoms with Gasteiger partial charge in [-0.25, -0.2) is 0 Å². The van der Waals surface area contributed by atoms with E-state index in [1.54, 1.807) is 0 Å². The molecule has 1 aliphatic heterocycles. The van der Waals surface area contributed by atoms with Crippen molar-refractivity contribution in [2.24, 2.45) is 11.7 Å². The van der Waals surface area contributed by atoms with Crippen LogP contribution in [0.15, 0.2) is 18.2 Å². The highest BCUT2D eigenvalue weighted by molar-refractivity contribution is 6.43. The first-order valence-electron chi connectivity index (χ1n) is 9.77. The fraction of sp³-hybridized carbons (Fsp3) is 0.700. The number of piperazine rings is 1. The Labute approximate surface area is 161 Å². The van der Waals surface area contributed by atoms with Crippen molar-refractivity contribution < 1.29 is 0 Å². The Hall–Kier alpha value is -0.480. The maximum atomic E-state index is 6.50. The van der Waals surface area contributed by atoms with Crippen LogP contribution in [0.4, 0.5) is 5.69 Å². The molecule has 5 heteroatoms. The van der Waals surface area contributed by atoms with E-state index in [-0.39, 0.29) is 0 Å². The molecule has 2 saturated carbocycles. The second kappa shape index (κ2) is 7.26. The molecule has 0 bridgehead atoms. The first-order valence-corrected chi connectivity index (χ1v) is 10.5. The number of nitrogens with zero attached hydrogens (tertiary/aromatic N) is 2. The summed E-state index contributed by atoms with van der Waals surface area (Å²) in [4.78, 5) is 5.20. The first kappa shape index (κ1) is 17.9. The van der Waals surface area contributed by atoms with Gasteiger partial charge in [0, 0.05) is 25.7 Å². The third kappa shape index (κ3) is 3.80. The molecule has 0 atom stereocenters. The van der Waals surface area contributed by atoms with Crippen LogP contribution in [-0.2, 0) is 0 Å². The third-order valence-electron chi connectivity index (χ3n) is 6.52. The minimum absolute atomic E-state index is 0.293. The minimum Gasteiger partial charge on any atom is -0.362 e. The van der Waals surface area contributed by atoms with Crippen molar-refractivity contribution in [1.82, 2.24) is 4.90 Å². The van der Waals surface area contributed by atoms with Gasteiger partial charge in [-0.15, -0.1) is 0 Å². The van der Waals surface area contributed by atoms with Crippen LogP contribution in [0.5, 0.6) is 0 Å². The number of hydrogen-bond acceptors (Lipinski definition) is 3. The van der Waals surface area contributed by atoms with Crippen LogP contribution in [-0.4, -0.2) is 42.7 Å². The summed E-state index contributed by atoms with van der Waals surface area (Å²) in [5.74, 6) is 0.885. The molecule has 1 aromatic carbocycles. The molecule has 1 heterocycles. The molecular weight excluding hydrogens is 353 g/mol. The van der Waals surface area contributed by atoms with Crippen molar-refractivity contribution in [1.29, 1.82) is 0 Å². The van der Waals surface area contributed by atoms with Gasteiger partial charge in [0.1, 0.15) is 0 Å². The summed E-state index contributed by atoms with van der Waals surface area (Å²) in [5, 5.41) is 1.37. The Morgan fingerprint density at radius 2 is 1.84 bits per heavy atom. The van der Waals surface area contributed by atoms with Crippen molar-refractivity contribution in [2.75, 3.05) is 31.1 Å². The van der Waals surface area contributed by atoms with Crippen molar-refractivity contribution in [3.05, 3.63) is 28.2 Å². The molecule has 3 fully saturated rings. The lowest BCUT2D eigenvalue weighted by atomic mass is 9.84. The molecular formula is C20H29Cl2N3. The van der Waals surface area contributed by atoms with Crippen molar-refractivity contribution in [3.63, 3.8) is 0 Å². The SMILES string of the molecule is NC1CCC(CCN2CCN(c3cccc(Cl)c3Cl)C3(CC3)C2)CC1. The van der Waals surface area contributed by atoms with Gasteiger partial charge >= 0.3 is 0 Å². The highest BCUT2D eigenvalue weighted by Gasteiger charge is 2.51. The summed E-state index contributed by atoms with van der Waals surface area (Å²) in [7, 11) is 0. The lowest BCUT2D eigenvalue weighted by molar-refractivity contribution is 0.187. The minimum atomic E-state index is 0.293. The Balaban J connectivity index is 1.36. The topological polar surface area (TPSA) is 32.5 Å². The Bertz CT molecular complexity index is 609. The molecule has 3 aliphatic rings. The molecule has 138 valence electrons. The fourth-order valence-electron chi connectivity index (χ4n) is 4.74. The molecule has 25 heavy (non-hydrogen) atoms. The second-order valence-electron chi connectivity index (χ2n) is 8.29. The van der Waals surface area contributed by atoms with Crippen LogP contribution >= 0.6 is 23.2 Å². The fourth-order valence-corrected chi connectivity index (χ4v) is 5.14. The van der Waals surface area contributed by atoms with Gasteiger partial charge in [-0.1, -0.05) is 29.3 Å². The smallest absolute Gasteiger partial charge is 0.0825 e. The van der Waals surface area contributed by atoms with Crippen molar-refractivity contribution >= 4 is 28.9 Å². The molecule has 2 aliphatic carbocycles. The zero-order valence-electron chi connectivity index (χ0n) is 14.9. The molecule has 4 rings (SSSR count). The van der Waals surface area contributed by atoms with Gasteiger partial charge in [-0.2, -0.15) is 0 Å². The van der Waals surface area contributed by atoms with Gasteiger partial charge in [0.05, 0.1) is 21.3 Å². The van der Waals surface area contributed by atoms with Gasteiger partial charge in [-0.05, 0) is 69.5 Å². The zero-order chi connectivity index (χ0) is 17.4. The van der Waals surface area contributed by atoms with Crippen LogP contribution in [0.3, 0.4) is 0 Å². The molecule has 0 radical (unpaired) electrons. The number of hydrogen-bond donors (Lipinski definition) is 1. The van der Waals surface area contributed by atoms with Crippen molar-refractivity contribution in [3.8, 4) is 0 Å². The average Bonchev–Trinajstić information content (AvgIpc) is 3.37. The van der Waals surface area contributed by atoms with Gasteiger partial charge in [0.2, 0.25) is 0 Å². The Kier molecular flexibility index (Phi) is 5.20. The highest BCUT2D eigenvalue weighted by Crippen LogP contribution is 2.49. The molecule has 3 nitrogen and oxygen atoms in total. The van der Waals surface area contributed by atoms with Gasteiger partial charge in [-0.3, -0.25) is 4.90 Å². The molecule has 0 unspecified atom stereocenters. The second-order valence-corrected chi connectivity index (χ2v) is 9.08. The molecule has 1 saturated heterocycles. The summed E-state index contributed by atoms with van der Waals surface area (Å²) in [6.45, 7) is 4.58. The van der Waals surface area contributed by atoms with Crippen LogP contribution < -0.4 is 10.6 Å². The summed E-state index contributed by atoms with van der Waals surface area (Å²) < 4.78 is 0. The lowest BCUT2D eigenvalue weighted by Gasteiger charge is -2.44. The summed E-state index contributed by atoms with van der Waals surface area (Å²) >= 11 is 12.7. The molecule has 2 N–H and O–H groups in total. The van der Waals surface area contributed by atoms with Crippen LogP contribution in [0.2, 0.25) is 10.0 Å². The predicted molar refractivity (Wildman–Crippen MR) is 107 cm³/mol. The maximum absolute atomic E-state index is 6.50. The lowest BCUT2D eigenvalue weighted by Crippen LogP contribution is -2.55. The van der Waals surface area contributed by atoms with E-state index < -0.39 is 0 Å². The van der Waals surface area contributed by atoms with Crippen LogP contribution in [0.1, 0.15) is 44.9 Å². The summed E-state index contributed by atoms with van der Waals surface area (Å²) in [6.07, 6.45) is 8.95. The zero-order valence-corrected chi connectivity index (χ0v) is 16.4. The predicted octanol–water partition coefficient (Wildman–Crippen LogP) is 4.56. The van der Waals surface area contributed by atoms with E-state index in [1.165, 1.54) is 58.0 Å². The number of nitrogens with two attached hydrogens (primary N) is 1. The third-order valence-corrected chi connectivity index (χ3v) is 7.33. The Morgan fingerprint density at radius 1 is 1.08 bits per heavy atom. The standard InChI is InChI=1S/C20H29Cl2N3/c21-17-2-1-3-18(19(17)22)25-13-12-24(14-20(25)9-10-20)11-8-15-4-6-16(23)7-5-15/h1-3,15-16H,4-14,23H2. The average molecular weight is 382 g/mol. The van der Waals surface area contributed by atoms with Crippen LogP contribution in [0.25, 0.3) is 0 Å². The number of halogens is 2.